The average molecular weight is 419 g/mol. The predicted octanol–water partition coefficient (Wildman–Crippen LogP) is 6.41. The molecule has 1 unspecified atom stereocenters. The quantitative estimate of drug-likeness (QED) is 0.521. The Labute approximate surface area is 183 Å². The summed E-state index contributed by atoms with van der Waals surface area (Å²) in [6.45, 7) is 1.51. The van der Waals surface area contributed by atoms with Crippen LogP contribution in [0.3, 0.4) is 0 Å². The number of halogens is 1. The molecule has 3 nitrogen and oxygen atoms in total. The van der Waals surface area contributed by atoms with Gasteiger partial charge in [0, 0.05) is 24.0 Å². The molecule has 1 aliphatic rings. The second-order valence-electron chi connectivity index (χ2n) is 7.89. The number of hydrogen-bond acceptors (Lipinski definition) is 1. The lowest BCUT2D eigenvalue weighted by Crippen LogP contribution is -2.43. The van der Waals surface area contributed by atoms with Gasteiger partial charge in [0.2, 0.25) is 0 Å². The van der Waals surface area contributed by atoms with Crippen molar-refractivity contribution < 1.29 is 4.79 Å². The molecule has 0 bridgehead atoms. The number of carbonyl (C=O) groups is 1. The minimum absolute atomic E-state index is 0.00595. The summed E-state index contributed by atoms with van der Waals surface area (Å²) in [5.74, 6) is 0.336. The lowest BCUT2D eigenvalue weighted by molar-refractivity contribution is 0.195. The van der Waals surface area contributed by atoms with Crippen LogP contribution in [0, 0.1) is 0 Å². The number of likely N-dealkylation sites (tertiary alicyclic amines) is 1. The van der Waals surface area contributed by atoms with Crippen LogP contribution in [-0.2, 0) is 0 Å². The molecule has 30 heavy (non-hydrogen) atoms. The molecule has 1 heterocycles. The highest BCUT2D eigenvalue weighted by atomic mass is 35.5. The van der Waals surface area contributed by atoms with E-state index < -0.39 is 0 Å². The standard InChI is InChI=1S/C26H27ClN2O/c27-24-16-14-20(15-17-24)23-13-7-8-18-29(19-23)26(30)28-25(21-9-3-1-4-10-21)22-11-5-2-6-12-22/h1-6,9-12,14-17,23,25H,7-8,13,18-19H2,(H,28,30). The summed E-state index contributed by atoms with van der Waals surface area (Å²) in [7, 11) is 0. The number of carbonyl (C=O) groups excluding carboxylic acids is 1. The van der Waals surface area contributed by atoms with Crippen molar-refractivity contribution in [2.75, 3.05) is 13.1 Å². The number of nitrogens with zero attached hydrogens (tertiary/aromatic N) is 1. The molecule has 0 aromatic heterocycles. The zero-order valence-corrected chi connectivity index (χ0v) is 17.8. The molecule has 0 spiro atoms. The lowest BCUT2D eigenvalue weighted by Gasteiger charge is -2.28. The largest absolute Gasteiger partial charge is 0.327 e. The highest BCUT2D eigenvalue weighted by Gasteiger charge is 2.25. The fourth-order valence-corrected chi connectivity index (χ4v) is 4.32. The van der Waals surface area contributed by atoms with E-state index in [-0.39, 0.29) is 12.1 Å². The summed E-state index contributed by atoms with van der Waals surface area (Å²) in [6, 6.07) is 28.2. The third kappa shape index (κ3) is 5.03. The van der Waals surface area contributed by atoms with E-state index in [1.807, 2.05) is 53.4 Å². The Balaban J connectivity index is 1.53. The first-order valence-corrected chi connectivity index (χ1v) is 11.0. The van der Waals surface area contributed by atoms with Crippen LogP contribution >= 0.6 is 11.6 Å². The monoisotopic (exact) mass is 418 g/mol. The molecule has 154 valence electrons. The second kappa shape index (κ2) is 9.82. The van der Waals surface area contributed by atoms with E-state index >= 15 is 0 Å². The lowest BCUT2D eigenvalue weighted by atomic mass is 9.94. The van der Waals surface area contributed by atoms with Gasteiger partial charge in [0.05, 0.1) is 6.04 Å². The Morgan fingerprint density at radius 2 is 1.47 bits per heavy atom. The van der Waals surface area contributed by atoms with Crippen LogP contribution in [0.5, 0.6) is 0 Å². The van der Waals surface area contributed by atoms with Gasteiger partial charge in [0.15, 0.2) is 0 Å². The van der Waals surface area contributed by atoms with Gasteiger partial charge >= 0.3 is 6.03 Å². The first-order chi connectivity index (χ1) is 14.7. The first-order valence-electron chi connectivity index (χ1n) is 10.6. The van der Waals surface area contributed by atoms with Gasteiger partial charge in [0.25, 0.3) is 0 Å². The van der Waals surface area contributed by atoms with E-state index in [1.165, 1.54) is 5.56 Å². The van der Waals surface area contributed by atoms with Crippen molar-refractivity contribution in [3.05, 3.63) is 107 Å². The Morgan fingerprint density at radius 3 is 2.07 bits per heavy atom. The van der Waals surface area contributed by atoms with Crippen LogP contribution in [0.1, 0.15) is 47.9 Å². The van der Waals surface area contributed by atoms with E-state index in [2.05, 4.69) is 41.7 Å². The molecule has 1 saturated heterocycles. The van der Waals surface area contributed by atoms with E-state index in [0.717, 1.165) is 48.5 Å². The summed E-state index contributed by atoms with van der Waals surface area (Å²) in [4.78, 5) is 15.3. The zero-order valence-electron chi connectivity index (χ0n) is 17.0. The molecule has 0 aliphatic carbocycles. The number of nitrogens with one attached hydrogen (secondary N) is 1. The molecular formula is C26H27ClN2O. The summed E-state index contributed by atoms with van der Waals surface area (Å²) in [6.07, 6.45) is 3.24. The minimum atomic E-state index is -0.169. The summed E-state index contributed by atoms with van der Waals surface area (Å²) in [5, 5.41) is 4.04. The van der Waals surface area contributed by atoms with E-state index in [9.17, 15) is 4.79 Å². The summed E-state index contributed by atoms with van der Waals surface area (Å²) in [5.41, 5.74) is 3.42. The fraction of sp³-hybridized carbons (Fsp3) is 0.269. The highest BCUT2D eigenvalue weighted by molar-refractivity contribution is 6.30. The normalized spacial score (nSPS) is 16.9. The number of amides is 2. The summed E-state index contributed by atoms with van der Waals surface area (Å²) >= 11 is 6.06. The molecule has 1 aliphatic heterocycles. The molecule has 1 atom stereocenters. The molecule has 4 rings (SSSR count). The SMILES string of the molecule is O=C(NC(c1ccccc1)c1ccccc1)N1CCCCC(c2ccc(Cl)cc2)C1. The first kappa shape index (κ1) is 20.5. The molecular weight excluding hydrogens is 392 g/mol. The number of rotatable bonds is 4. The Morgan fingerprint density at radius 1 is 0.867 bits per heavy atom. The van der Waals surface area contributed by atoms with Gasteiger partial charge in [-0.1, -0.05) is 90.8 Å². The Kier molecular flexibility index (Phi) is 6.70. The molecule has 4 heteroatoms. The third-order valence-electron chi connectivity index (χ3n) is 5.83. The van der Waals surface area contributed by atoms with Gasteiger partial charge in [-0.15, -0.1) is 0 Å². The van der Waals surface area contributed by atoms with Crippen molar-refractivity contribution >= 4 is 17.6 Å². The van der Waals surface area contributed by atoms with Crippen LogP contribution in [0.25, 0.3) is 0 Å². The fourth-order valence-electron chi connectivity index (χ4n) is 4.20. The molecule has 0 radical (unpaired) electrons. The van der Waals surface area contributed by atoms with E-state index in [4.69, 9.17) is 11.6 Å². The number of benzene rings is 3. The number of hydrogen-bond donors (Lipinski definition) is 1. The van der Waals surface area contributed by atoms with Crippen LogP contribution in [-0.4, -0.2) is 24.0 Å². The van der Waals surface area contributed by atoms with Gasteiger partial charge in [-0.25, -0.2) is 4.79 Å². The molecule has 1 fully saturated rings. The van der Waals surface area contributed by atoms with Gasteiger partial charge in [-0.3, -0.25) is 0 Å². The van der Waals surface area contributed by atoms with Crippen molar-refractivity contribution in [3.63, 3.8) is 0 Å². The topological polar surface area (TPSA) is 32.3 Å². The van der Waals surface area contributed by atoms with Crippen molar-refractivity contribution in [2.24, 2.45) is 0 Å². The van der Waals surface area contributed by atoms with E-state index in [0.29, 0.717) is 5.92 Å². The highest BCUT2D eigenvalue weighted by Crippen LogP contribution is 2.28. The maximum atomic E-state index is 13.3. The second-order valence-corrected chi connectivity index (χ2v) is 8.33. The van der Waals surface area contributed by atoms with Crippen LogP contribution in [0.15, 0.2) is 84.9 Å². The van der Waals surface area contributed by atoms with Crippen molar-refractivity contribution in [2.45, 2.75) is 31.2 Å². The Hall–Kier alpha value is -2.78. The van der Waals surface area contributed by atoms with Gasteiger partial charge in [-0.2, -0.15) is 0 Å². The zero-order chi connectivity index (χ0) is 20.8. The minimum Gasteiger partial charge on any atom is -0.327 e. The average Bonchev–Trinajstić information content (AvgIpc) is 3.05. The molecule has 0 saturated carbocycles. The maximum absolute atomic E-state index is 13.3. The molecule has 2 amide bonds. The Bertz CT molecular complexity index is 904. The van der Waals surface area contributed by atoms with E-state index in [1.54, 1.807) is 0 Å². The van der Waals surface area contributed by atoms with Crippen molar-refractivity contribution in [3.8, 4) is 0 Å². The smallest absolute Gasteiger partial charge is 0.318 e. The third-order valence-corrected chi connectivity index (χ3v) is 6.09. The molecule has 3 aromatic carbocycles. The van der Waals surface area contributed by atoms with Gasteiger partial charge < -0.3 is 10.2 Å². The van der Waals surface area contributed by atoms with Gasteiger partial charge in [-0.05, 0) is 41.7 Å². The van der Waals surface area contributed by atoms with Crippen molar-refractivity contribution in [1.82, 2.24) is 10.2 Å². The number of urea groups is 1. The molecule has 3 aromatic rings. The van der Waals surface area contributed by atoms with Gasteiger partial charge in [0.1, 0.15) is 0 Å². The maximum Gasteiger partial charge on any atom is 0.318 e. The van der Waals surface area contributed by atoms with Crippen LogP contribution in [0.4, 0.5) is 4.79 Å². The van der Waals surface area contributed by atoms with Crippen LogP contribution in [0.2, 0.25) is 5.02 Å². The predicted molar refractivity (Wildman–Crippen MR) is 123 cm³/mol. The van der Waals surface area contributed by atoms with Crippen LogP contribution < -0.4 is 5.32 Å². The molecule has 1 N–H and O–H groups in total. The summed E-state index contributed by atoms with van der Waals surface area (Å²) < 4.78 is 0. The van der Waals surface area contributed by atoms with Crippen molar-refractivity contribution in [1.29, 1.82) is 0 Å².